The Morgan fingerprint density at radius 1 is 1.28 bits per heavy atom. The Balaban J connectivity index is 1.75. The molecule has 0 radical (unpaired) electrons. The molecule has 1 N–H and O–H groups in total. The van der Waals surface area contributed by atoms with Gasteiger partial charge in [0.25, 0.3) is 5.91 Å². The average molecular weight is 478 g/mol. The second-order valence-electron chi connectivity index (χ2n) is 7.68. The van der Waals surface area contributed by atoms with Gasteiger partial charge in [-0.25, -0.2) is 8.42 Å². The molecule has 1 aromatic heterocycles. The molecule has 0 spiro atoms. The molecular formula is C22H27N3O5S2. The third-order valence-electron chi connectivity index (χ3n) is 5.10. The van der Waals surface area contributed by atoms with Gasteiger partial charge in [0.1, 0.15) is 17.3 Å². The smallest absolute Gasteiger partial charge is 0.263 e. The molecule has 0 saturated heterocycles. The summed E-state index contributed by atoms with van der Waals surface area (Å²) in [7, 11) is -3.94. The zero-order chi connectivity index (χ0) is 23.1. The van der Waals surface area contributed by atoms with Gasteiger partial charge in [0, 0.05) is 6.04 Å². The number of terminal acetylenes is 1. The number of thiazole rings is 1. The number of aromatic nitrogens is 1. The Morgan fingerprint density at radius 2 is 2.03 bits per heavy atom. The number of carbonyl (C=O) groups excluding carboxylic acids is 2. The van der Waals surface area contributed by atoms with Crippen molar-refractivity contribution in [3.05, 3.63) is 23.0 Å². The molecule has 32 heavy (non-hydrogen) atoms. The van der Waals surface area contributed by atoms with Crippen molar-refractivity contribution < 1.29 is 22.7 Å². The number of rotatable bonds is 8. The fraction of sp³-hybridized carbons (Fsp3) is 0.500. The maximum atomic E-state index is 12.4. The SMILES string of the molecule is C#CCn1c(=NC(=O)CS(=O)(=O)CC(=O)NC2CCCCC2)sc2cc(OCC)ccc21. The van der Waals surface area contributed by atoms with Crippen molar-refractivity contribution in [2.24, 2.45) is 4.99 Å². The Bertz CT molecular complexity index is 1200. The zero-order valence-electron chi connectivity index (χ0n) is 18.0. The second-order valence-corrected chi connectivity index (χ2v) is 10.8. The predicted molar refractivity (Wildman–Crippen MR) is 124 cm³/mol. The van der Waals surface area contributed by atoms with E-state index < -0.39 is 33.2 Å². The highest BCUT2D eigenvalue weighted by Gasteiger charge is 2.23. The third-order valence-corrected chi connectivity index (χ3v) is 7.53. The van der Waals surface area contributed by atoms with Crippen LogP contribution in [0.5, 0.6) is 5.75 Å². The maximum absolute atomic E-state index is 12.4. The van der Waals surface area contributed by atoms with Crippen LogP contribution in [0.2, 0.25) is 0 Å². The molecular weight excluding hydrogens is 450 g/mol. The lowest BCUT2D eigenvalue weighted by Crippen LogP contribution is -2.40. The molecule has 172 valence electrons. The molecule has 2 aromatic rings. The van der Waals surface area contributed by atoms with E-state index >= 15 is 0 Å². The van der Waals surface area contributed by atoms with Gasteiger partial charge in [-0.2, -0.15) is 4.99 Å². The van der Waals surface area contributed by atoms with Crippen molar-refractivity contribution in [3.63, 3.8) is 0 Å². The van der Waals surface area contributed by atoms with Gasteiger partial charge in [0.05, 0.1) is 23.4 Å². The topological polar surface area (TPSA) is 107 Å². The minimum absolute atomic E-state index is 0.00897. The molecule has 8 nitrogen and oxygen atoms in total. The van der Waals surface area contributed by atoms with Gasteiger partial charge in [-0.05, 0) is 38.0 Å². The molecule has 1 aromatic carbocycles. The Hall–Kier alpha value is -2.64. The van der Waals surface area contributed by atoms with Gasteiger partial charge in [-0.1, -0.05) is 36.5 Å². The van der Waals surface area contributed by atoms with E-state index in [0.29, 0.717) is 17.2 Å². The van der Waals surface area contributed by atoms with Crippen LogP contribution >= 0.6 is 11.3 Å². The fourth-order valence-electron chi connectivity index (χ4n) is 3.73. The van der Waals surface area contributed by atoms with Crippen molar-refractivity contribution in [2.45, 2.75) is 51.6 Å². The van der Waals surface area contributed by atoms with Crippen LogP contribution in [0.1, 0.15) is 39.0 Å². The summed E-state index contributed by atoms with van der Waals surface area (Å²) in [5.74, 6) is 0.240. The lowest BCUT2D eigenvalue weighted by atomic mass is 9.95. The molecule has 3 rings (SSSR count). The van der Waals surface area contributed by atoms with Gasteiger partial charge in [0.15, 0.2) is 14.6 Å². The first-order valence-corrected chi connectivity index (χ1v) is 13.2. The lowest BCUT2D eigenvalue weighted by molar-refractivity contribution is -0.119. The molecule has 0 unspecified atom stereocenters. The highest BCUT2D eigenvalue weighted by molar-refractivity contribution is 7.92. The number of amides is 2. The molecule has 1 heterocycles. The summed E-state index contributed by atoms with van der Waals surface area (Å²) >= 11 is 1.22. The van der Waals surface area contributed by atoms with E-state index in [2.05, 4.69) is 16.2 Å². The largest absolute Gasteiger partial charge is 0.494 e. The first-order chi connectivity index (χ1) is 15.3. The Morgan fingerprint density at radius 3 is 2.72 bits per heavy atom. The summed E-state index contributed by atoms with van der Waals surface area (Å²) in [6.07, 6.45) is 10.3. The van der Waals surface area contributed by atoms with Crippen molar-refractivity contribution in [1.82, 2.24) is 9.88 Å². The highest BCUT2D eigenvalue weighted by atomic mass is 32.2. The summed E-state index contributed by atoms with van der Waals surface area (Å²) in [6, 6.07) is 5.46. The van der Waals surface area contributed by atoms with Crippen molar-refractivity contribution in [1.29, 1.82) is 0 Å². The molecule has 10 heteroatoms. The molecule has 1 aliphatic carbocycles. The van der Waals surface area contributed by atoms with E-state index in [-0.39, 0.29) is 12.6 Å². The van der Waals surface area contributed by atoms with Crippen LogP contribution in [0.4, 0.5) is 0 Å². The van der Waals surface area contributed by atoms with E-state index in [4.69, 9.17) is 11.2 Å². The predicted octanol–water partition coefficient (Wildman–Crippen LogP) is 2.03. The average Bonchev–Trinajstić information content (AvgIpc) is 3.04. The number of carbonyl (C=O) groups is 2. The van der Waals surface area contributed by atoms with Crippen LogP contribution in [-0.4, -0.2) is 49.0 Å². The first kappa shape index (κ1) is 24.0. The minimum atomic E-state index is -3.94. The molecule has 0 atom stereocenters. The van der Waals surface area contributed by atoms with Gasteiger partial charge < -0.3 is 14.6 Å². The standard InChI is InChI=1S/C22H27N3O5S2/c1-3-12-25-18-11-10-17(30-4-2)13-19(18)31-22(25)24-21(27)15-32(28,29)14-20(26)23-16-8-6-5-7-9-16/h1,10-11,13,16H,4-9,12,14-15H2,2H3,(H,23,26). The quantitative estimate of drug-likeness (QED) is 0.586. The molecule has 1 fully saturated rings. The van der Waals surface area contributed by atoms with E-state index in [9.17, 15) is 18.0 Å². The number of nitrogens with one attached hydrogen (secondary N) is 1. The molecule has 2 amide bonds. The van der Waals surface area contributed by atoms with Gasteiger partial charge in [0.2, 0.25) is 5.91 Å². The van der Waals surface area contributed by atoms with Crippen LogP contribution < -0.4 is 14.9 Å². The highest BCUT2D eigenvalue weighted by Crippen LogP contribution is 2.23. The van der Waals surface area contributed by atoms with Gasteiger partial charge >= 0.3 is 0 Å². The van der Waals surface area contributed by atoms with Crippen LogP contribution in [0.15, 0.2) is 23.2 Å². The number of hydrogen-bond acceptors (Lipinski definition) is 6. The maximum Gasteiger partial charge on any atom is 0.263 e. The van der Waals surface area contributed by atoms with E-state index in [1.54, 1.807) is 10.6 Å². The lowest BCUT2D eigenvalue weighted by Gasteiger charge is -2.22. The summed E-state index contributed by atoms with van der Waals surface area (Å²) in [6.45, 7) is 2.58. The number of sulfone groups is 1. The summed E-state index contributed by atoms with van der Waals surface area (Å²) < 4.78 is 32.8. The van der Waals surface area contributed by atoms with Crippen molar-refractivity contribution in [2.75, 3.05) is 18.1 Å². The number of ether oxygens (including phenoxy) is 1. The summed E-state index contributed by atoms with van der Waals surface area (Å²) in [5.41, 5.74) is 0.776. The monoisotopic (exact) mass is 477 g/mol. The second kappa shape index (κ2) is 10.8. The van der Waals surface area contributed by atoms with Gasteiger partial charge in [-0.15, -0.1) is 6.42 Å². The minimum Gasteiger partial charge on any atom is -0.494 e. The van der Waals surface area contributed by atoms with Gasteiger partial charge in [-0.3, -0.25) is 9.59 Å². The normalized spacial score (nSPS) is 15.4. The Kier molecular flexibility index (Phi) is 8.10. The number of hydrogen-bond donors (Lipinski definition) is 1. The van der Waals surface area contributed by atoms with Crippen LogP contribution in [-0.2, 0) is 26.0 Å². The van der Waals surface area contributed by atoms with E-state index in [1.165, 1.54) is 11.3 Å². The number of nitrogens with zero attached hydrogens (tertiary/aromatic N) is 2. The molecule has 0 aliphatic heterocycles. The van der Waals surface area contributed by atoms with E-state index in [0.717, 1.165) is 42.3 Å². The molecule has 1 saturated carbocycles. The van der Waals surface area contributed by atoms with Crippen molar-refractivity contribution >= 4 is 43.2 Å². The van der Waals surface area contributed by atoms with Crippen LogP contribution in [0.3, 0.4) is 0 Å². The molecule has 1 aliphatic rings. The summed E-state index contributed by atoms with van der Waals surface area (Å²) in [5, 5.41) is 2.76. The first-order valence-electron chi connectivity index (χ1n) is 10.6. The Labute approximate surface area is 191 Å². The number of fused-ring (bicyclic) bond motifs is 1. The number of benzene rings is 1. The molecule has 0 bridgehead atoms. The van der Waals surface area contributed by atoms with Crippen LogP contribution in [0.25, 0.3) is 10.2 Å². The summed E-state index contributed by atoms with van der Waals surface area (Å²) in [4.78, 5) is 28.9. The zero-order valence-corrected chi connectivity index (χ0v) is 19.6. The van der Waals surface area contributed by atoms with E-state index in [1.807, 2.05) is 19.1 Å². The van der Waals surface area contributed by atoms with Crippen LogP contribution in [0, 0.1) is 12.3 Å². The third kappa shape index (κ3) is 6.43. The van der Waals surface area contributed by atoms with Crippen molar-refractivity contribution in [3.8, 4) is 18.1 Å². The fourth-order valence-corrected chi connectivity index (χ4v) is 5.83.